The molecule has 2 aliphatic rings. The second-order valence-electron chi connectivity index (χ2n) is 6.76. The van der Waals surface area contributed by atoms with Crippen LogP contribution in [0, 0.1) is 0 Å². The van der Waals surface area contributed by atoms with Gasteiger partial charge in [-0.15, -0.1) is 0 Å². The first-order valence-corrected chi connectivity index (χ1v) is 9.98. The summed E-state index contributed by atoms with van der Waals surface area (Å²) in [6.45, 7) is 8.38. The Morgan fingerprint density at radius 2 is 1.96 bits per heavy atom. The smallest absolute Gasteiger partial charge is 0.229 e. The van der Waals surface area contributed by atoms with Crippen LogP contribution >= 0.6 is 15.9 Å². The summed E-state index contributed by atoms with van der Waals surface area (Å²) in [6.07, 6.45) is 4.37. The molecule has 0 spiro atoms. The van der Waals surface area contributed by atoms with Crippen molar-refractivity contribution in [1.82, 2.24) is 9.88 Å². The molecular formula is C20H28BrN3O2. The number of rotatable bonds is 5. The molecule has 0 saturated carbocycles. The molecule has 2 heterocycles. The minimum Gasteiger partial charge on any atom is -0.497 e. The highest BCUT2D eigenvalue weighted by Crippen LogP contribution is 2.35. The highest BCUT2D eigenvalue weighted by molar-refractivity contribution is 9.10. The zero-order chi connectivity index (χ0) is 18.7. The lowest BCUT2D eigenvalue weighted by molar-refractivity contribution is 0.206. The SMILES string of the molecule is C/C=C(/OC)C1=C(C)C(N2CCN(c3ccc(Br)c(OC)n3)CC2)CC1. The Balaban J connectivity index is 1.66. The Labute approximate surface area is 164 Å². The lowest BCUT2D eigenvalue weighted by atomic mass is 10.1. The van der Waals surface area contributed by atoms with E-state index in [1.54, 1.807) is 14.2 Å². The molecule has 0 aromatic carbocycles. The summed E-state index contributed by atoms with van der Waals surface area (Å²) in [5.74, 6) is 2.66. The van der Waals surface area contributed by atoms with Crippen molar-refractivity contribution in [3.05, 3.63) is 39.6 Å². The maximum atomic E-state index is 5.55. The molecule has 1 aromatic heterocycles. The summed E-state index contributed by atoms with van der Waals surface area (Å²) in [5, 5.41) is 0. The second-order valence-corrected chi connectivity index (χ2v) is 7.61. The van der Waals surface area contributed by atoms with E-state index in [4.69, 9.17) is 9.47 Å². The lowest BCUT2D eigenvalue weighted by Gasteiger charge is -2.39. The highest BCUT2D eigenvalue weighted by atomic mass is 79.9. The number of nitrogens with zero attached hydrogens (tertiary/aromatic N) is 3. The molecule has 1 atom stereocenters. The molecule has 1 aromatic rings. The number of halogens is 1. The first-order chi connectivity index (χ1) is 12.6. The van der Waals surface area contributed by atoms with Crippen LogP contribution in [0.2, 0.25) is 0 Å². The molecule has 3 rings (SSSR count). The fourth-order valence-corrected chi connectivity index (χ4v) is 4.46. The number of anilines is 1. The fourth-order valence-electron chi connectivity index (χ4n) is 4.08. The Bertz CT molecular complexity index is 709. The average molecular weight is 422 g/mol. The molecule has 5 nitrogen and oxygen atoms in total. The van der Waals surface area contributed by atoms with Crippen LogP contribution in [0.4, 0.5) is 5.82 Å². The van der Waals surface area contributed by atoms with Crippen LogP contribution in [0.3, 0.4) is 0 Å². The average Bonchev–Trinajstić information content (AvgIpc) is 3.05. The summed E-state index contributed by atoms with van der Waals surface area (Å²) < 4.78 is 11.8. The number of aromatic nitrogens is 1. The molecule has 0 amide bonds. The number of piperazine rings is 1. The van der Waals surface area contributed by atoms with Crippen molar-refractivity contribution in [2.45, 2.75) is 32.7 Å². The molecular weight excluding hydrogens is 394 g/mol. The Hall–Kier alpha value is -1.53. The third-order valence-electron chi connectivity index (χ3n) is 5.49. The van der Waals surface area contributed by atoms with Crippen LogP contribution in [-0.2, 0) is 4.74 Å². The summed E-state index contributed by atoms with van der Waals surface area (Å²) >= 11 is 3.47. The highest BCUT2D eigenvalue weighted by Gasteiger charge is 2.31. The first-order valence-electron chi connectivity index (χ1n) is 9.18. The van der Waals surface area contributed by atoms with Gasteiger partial charge in [-0.2, -0.15) is 4.98 Å². The van der Waals surface area contributed by atoms with Gasteiger partial charge in [-0.25, -0.2) is 0 Å². The number of ether oxygens (including phenoxy) is 2. The van der Waals surface area contributed by atoms with Gasteiger partial charge in [0.1, 0.15) is 11.6 Å². The van der Waals surface area contributed by atoms with Gasteiger partial charge in [0.05, 0.1) is 18.7 Å². The lowest BCUT2D eigenvalue weighted by Crippen LogP contribution is -2.50. The van der Waals surface area contributed by atoms with Crippen molar-refractivity contribution in [2.24, 2.45) is 0 Å². The summed E-state index contributed by atoms with van der Waals surface area (Å²) in [5.41, 5.74) is 2.86. The zero-order valence-electron chi connectivity index (χ0n) is 16.1. The van der Waals surface area contributed by atoms with Crippen molar-refractivity contribution in [2.75, 3.05) is 45.3 Å². The molecule has 0 radical (unpaired) electrons. The minimum atomic E-state index is 0.532. The van der Waals surface area contributed by atoms with Gasteiger partial charge in [0, 0.05) is 32.2 Å². The molecule has 1 fully saturated rings. The number of allylic oxidation sites excluding steroid dienone is 2. The van der Waals surface area contributed by atoms with Gasteiger partial charge in [0.2, 0.25) is 5.88 Å². The summed E-state index contributed by atoms with van der Waals surface area (Å²) in [4.78, 5) is 9.56. The molecule has 6 heteroatoms. The van der Waals surface area contributed by atoms with Gasteiger partial charge in [0.15, 0.2) is 0 Å². The van der Waals surface area contributed by atoms with Gasteiger partial charge in [-0.3, -0.25) is 4.90 Å². The largest absolute Gasteiger partial charge is 0.497 e. The van der Waals surface area contributed by atoms with E-state index >= 15 is 0 Å². The molecule has 0 N–H and O–H groups in total. The van der Waals surface area contributed by atoms with Crippen molar-refractivity contribution >= 4 is 21.7 Å². The zero-order valence-corrected chi connectivity index (χ0v) is 17.7. The molecule has 26 heavy (non-hydrogen) atoms. The standard InChI is InChI=1S/C20H28BrN3O2/c1-5-18(25-3)15-6-8-17(14(15)2)23-10-12-24(13-11-23)19-9-7-16(21)20(22-19)26-4/h5,7,9,17H,6,8,10-13H2,1-4H3/b18-5+. The van der Waals surface area contributed by atoms with Gasteiger partial charge < -0.3 is 14.4 Å². The topological polar surface area (TPSA) is 37.8 Å². The second kappa shape index (κ2) is 8.44. The number of hydrogen-bond acceptors (Lipinski definition) is 5. The molecule has 142 valence electrons. The van der Waals surface area contributed by atoms with E-state index in [-0.39, 0.29) is 0 Å². The third kappa shape index (κ3) is 3.76. The molecule has 0 bridgehead atoms. The van der Waals surface area contributed by atoms with Crippen LogP contribution < -0.4 is 9.64 Å². The summed E-state index contributed by atoms with van der Waals surface area (Å²) in [6, 6.07) is 4.59. The molecule has 1 unspecified atom stereocenters. The normalized spacial score (nSPS) is 22.1. The van der Waals surface area contributed by atoms with Gasteiger partial charge in [-0.1, -0.05) is 0 Å². The molecule has 1 saturated heterocycles. The monoisotopic (exact) mass is 421 g/mol. The van der Waals surface area contributed by atoms with E-state index in [0.29, 0.717) is 11.9 Å². The maximum absolute atomic E-state index is 5.55. The van der Waals surface area contributed by atoms with Crippen molar-refractivity contribution in [3.63, 3.8) is 0 Å². The van der Waals surface area contributed by atoms with E-state index in [9.17, 15) is 0 Å². The Morgan fingerprint density at radius 3 is 2.58 bits per heavy atom. The van der Waals surface area contributed by atoms with Gasteiger partial charge in [0.25, 0.3) is 0 Å². The van der Waals surface area contributed by atoms with Crippen LogP contribution in [0.15, 0.2) is 39.6 Å². The van der Waals surface area contributed by atoms with E-state index < -0.39 is 0 Å². The first kappa shape index (κ1) is 19.2. The van der Waals surface area contributed by atoms with E-state index in [1.807, 2.05) is 13.0 Å². The number of methoxy groups -OCH3 is 2. The fraction of sp³-hybridized carbons (Fsp3) is 0.550. The maximum Gasteiger partial charge on any atom is 0.229 e. The van der Waals surface area contributed by atoms with Crippen molar-refractivity contribution < 1.29 is 9.47 Å². The number of pyridine rings is 1. The molecule has 1 aliphatic carbocycles. The number of hydrogen-bond donors (Lipinski definition) is 0. The van der Waals surface area contributed by atoms with E-state index in [1.165, 1.54) is 17.6 Å². The quantitative estimate of drug-likeness (QED) is 0.671. The molecule has 1 aliphatic heterocycles. The van der Waals surface area contributed by atoms with Crippen molar-refractivity contribution in [3.8, 4) is 5.88 Å². The van der Waals surface area contributed by atoms with E-state index in [2.05, 4.69) is 49.8 Å². The van der Waals surface area contributed by atoms with Gasteiger partial charge in [-0.05, 0) is 72.0 Å². The van der Waals surface area contributed by atoms with Crippen LogP contribution in [-0.4, -0.2) is 56.3 Å². The predicted molar refractivity (Wildman–Crippen MR) is 109 cm³/mol. The van der Waals surface area contributed by atoms with Gasteiger partial charge >= 0.3 is 0 Å². The minimum absolute atomic E-state index is 0.532. The summed E-state index contributed by atoms with van der Waals surface area (Å²) in [7, 11) is 3.42. The van der Waals surface area contributed by atoms with E-state index in [0.717, 1.165) is 48.6 Å². The Kier molecular flexibility index (Phi) is 6.24. The van der Waals surface area contributed by atoms with Crippen LogP contribution in [0.5, 0.6) is 5.88 Å². The predicted octanol–water partition coefficient (Wildman–Crippen LogP) is 4.00. The van der Waals surface area contributed by atoms with Crippen LogP contribution in [0.25, 0.3) is 0 Å². The van der Waals surface area contributed by atoms with Crippen molar-refractivity contribution in [1.29, 1.82) is 0 Å². The van der Waals surface area contributed by atoms with Crippen LogP contribution in [0.1, 0.15) is 26.7 Å². The third-order valence-corrected chi connectivity index (χ3v) is 6.10. The Morgan fingerprint density at radius 1 is 1.23 bits per heavy atom.